The van der Waals surface area contributed by atoms with Crippen LogP contribution in [0.4, 0.5) is 0 Å². The van der Waals surface area contributed by atoms with Crippen molar-refractivity contribution in [2.24, 2.45) is 0 Å². The number of carboxylic acid groups (broad SMARTS) is 1. The molecule has 15 heavy (non-hydrogen) atoms. The highest BCUT2D eigenvalue weighted by molar-refractivity contribution is 8.13. The molecule has 0 aliphatic heterocycles. The van der Waals surface area contributed by atoms with Gasteiger partial charge in [0.2, 0.25) is 9.05 Å². The van der Waals surface area contributed by atoms with Gasteiger partial charge in [-0.2, -0.15) is 0 Å². The third-order valence-electron chi connectivity index (χ3n) is 1.07. The molecule has 0 saturated heterocycles. The van der Waals surface area contributed by atoms with Crippen LogP contribution >= 0.6 is 22.3 Å². The van der Waals surface area contributed by atoms with Crippen molar-refractivity contribution in [3.8, 4) is 0 Å². The van der Waals surface area contributed by atoms with Crippen LogP contribution in [0.1, 0.15) is 10.4 Å². The minimum Gasteiger partial charge on any atom is -0.478 e. The molecule has 0 bridgehead atoms. The number of carbonyl (C=O) groups is 1. The molecule has 0 aliphatic carbocycles. The molecule has 0 unspecified atom stereocenters. The molecule has 1 aromatic carbocycles. The van der Waals surface area contributed by atoms with E-state index >= 15 is 0 Å². The predicted molar refractivity (Wildman–Crippen MR) is 59.1 cm³/mol. The summed E-state index contributed by atoms with van der Waals surface area (Å²) < 4.78 is 18.8. The smallest absolute Gasteiger partial charge is 0.335 e. The first-order valence-electron chi connectivity index (χ1n) is 3.58. The summed E-state index contributed by atoms with van der Waals surface area (Å²) >= 11 is 5.53. The van der Waals surface area contributed by atoms with E-state index in [9.17, 15) is 13.2 Å². The Morgan fingerprint density at radius 1 is 1.40 bits per heavy atom. The fourth-order valence-corrected chi connectivity index (χ4v) is 0.812. The van der Waals surface area contributed by atoms with Crippen molar-refractivity contribution in [1.29, 1.82) is 0 Å². The van der Waals surface area contributed by atoms with Gasteiger partial charge in [-0.05, 0) is 18.2 Å². The van der Waals surface area contributed by atoms with Crippen molar-refractivity contribution in [2.45, 2.75) is 0 Å². The van der Waals surface area contributed by atoms with Crippen LogP contribution in [0.15, 0.2) is 24.3 Å². The molecular weight excluding hydrogens is 263 g/mol. The average molecular weight is 271 g/mol. The van der Waals surface area contributed by atoms with Gasteiger partial charge in [-0.15, -0.1) is 0 Å². The Morgan fingerprint density at radius 2 is 1.87 bits per heavy atom. The molecular formula is C8H8Cl2O4S. The fourth-order valence-electron chi connectivity index (χ4n) is 0.622. The van der Waals surface area contributed by atoms with Gasteiger partial charge in [-0.3, -0.25) is 0 Å². The van der Waals surface area contributed by atoms with Gasteiger partial charge in [-0.1, -0.05) is 17.7 Å². The predicted octanol–water partition coefficient (Wildman–Crippen LogP) is 2.22. The van der Waals surface area contributed by atoms with Crippen LogP contribution in [0.3, 0.4) is 0 Å². The zero-order valence-corrected chi connectivity index (χ0v) is 9.97. The van der Waals surface area contributed by atoms with Crippen LogP contribution in [0.2, 0.25) is 5.02 Å². The second-order valence-electron chi connectivity index (χ2n) is 2.50. The first-order valence-corrected chi connectivity index (χ1v) is 6.68. The van der Waals surface area contributed by atoms with Crippen LogP contribution in [-0.4, -0.2) is 25.7 Å². The van der Waals surface area contributed by atoms with Crippen LogP contribution in [0.5, 0.6) is 0 Å². The highest BCUT2D eigenvalue weighted by Gasteiger charge is 2.00. The average Bonchev–Trinajstić information content (AvgIpc) is 2.00. The molecule has 0 aromatic heterocycles. The lowest BCUT2D eigenvalue weighted by atomic mass is 10.2. The quantitative estimate of drug-likeness (QED) is 0.795. The summed E-state index contributed by atoms with van der Waals surface area (Å²) in [4.78, 5) is 10.3. The van der Waals surface area contributed by atoms with Crippen LogP contribution in [-0.2, 0) is 9.05 Å². The number of rotatable bonds is 1. The van der Waals surface area contributed by atoms with Gasteiger partial charge in [0.15, 0.2) is 0 Å². The van der Waals surface area contributed by atoms with Crippen LogP contribution in [0.25, 0.3) is 0 Å². The van der Waals surface area contributed by atoms with Gasteiger partial charge in [0.05, 0.1) is 11.8 Å². The molecule has 0 aliphatic rings. The second-order valence-corrected chi connectivity index (χ2v) is 5.98. The van der Waals surface area contributed by atoms with Crippen molar-refractivity contribution in [3.05, 3.63) is 34.9 Å². The zero-order valence-electron chi connectivity index (χ0n) is 7.65. The first kappa shape index (κ1) is 14.2. The number of aromatic carboxylic acids is 1. The highest BCUT2D eigenvalue weighted by Crippen LogP contribution is 2.09. The summed E-state index contributed by atoms with van der Waals surface area (Å²) in [5.74, 6) is -0.956. The summed E-state index contributed by atoms with van der Waals surface area (Å²) in [6, 6.07) is 6.14. The fraction of sp³-hybridized carbons (Fsp3) is 0.125. The van der Waals surface area contributed by atoms with Gasteiger partial charge in [0, 0.05) is 15.7 Å². The third-order valence-corrected chi connectivity index (χ3v) is 1.31. The van der Waals surface area contributed by atoms with E-state index in [1.807, 2.05) is 0 Å². The lowest BCUT2D eigenvalue weighted by Crippen LogP contribution is -1.94. The number of hydrogen-bond acceptors (Lipinski definition) is 3. The number of hydrogen-bond donors (Lipinski definition) is 1. The summed E-state index contributed by atoms with van der Waals surface area (Å²) in [6.07, 6.45) is 0.925. The molecule has 1 aromatic rings. The van der Waals surface area contributed by atoms with Gasteiger partial charge < -0.3 is 5.11 Å². The Morgan fingerprint density at radius 3 is 2.13 bits per heavy atom. The SMILES string of the molecule is CS(=O)(=O)Cl.O=C(O)c1cccc(Cl)c1. The van der Waals surface area contributed by atoms with E-state index < -0.39 is 15.0 Å². The standard InChI is InChI=1S/C7H5ClO2.CH3ClO2S/c8-6-3-1-2-5(4-6)7(9)10;1-5(2,3)4/h1-4H,(H,9,10);1H3. The van der Waals surface area contributed by atoms with Crippen molar-refractivity contribution >= 4 is 37.3 Å². The van der Waals surface area contributed by atoms with E-state index in [0.717, 1.165) is 6.26 Å². The number of benzene rings is 1. The summed E-state index contributed by atoms with van der Waals surface area (Å²) in [7, 11) is 1.31. The molecule has 0 radical (unpaired) electrons. The maximum atomic E-state index is 10.3. The van der Waals surface area contributed by atoms with Crippen molar-refractivity contribution in [1.82, 2.24) is 0 Å². The molecule has 1 N–H and O–H groups in total. The Balaban J connectivity index is 0.000000336. The minimum absolute atomic E-state index is 0.215. The Labute approximate surface area is 96.9 Å². The molecule has 84 valence electrons. The first-order chi connectivity index (χ1) is 6.70. The summed E-state index contributed by atoms with van der Waals surface area (Å²) in [5, 5.41) is 8.89. The van der Waals surface area contributed by atoms with E-state index in [1.54, 1.807) is 12.1 Å². The van der Waals surface area contributed by atoms with E-state index in [2.05, 4.69) is 10.7 Å². The maximum absolute atomic E-state index is 10.3. The molecule has 7 heteroatoms. The molecule has 0 spiro atoms. The summed E-state index contributed by atoms with van der Waals surface area (Å²) in [5.41, 5.74) is 0.215. The molecule has 4 nitrogen and oxygen atoms in total. The van der Waals surface area contributed by atoms with E-state index in [1.165, 1.54) is 12.1 Å². The molecule has 1 rings (SSSR count). The molecule has 0 saturated carbocycles. The van der Waals surface area contributed by atoms with Gasteiger partial charge in [0.25, 0.3) is 0 Å². The maximum Gasteiger partial charge on any atom is 0.335 e. The third kappa shape index (κ3) is 9.52. The molecule has 0 amide bonds. The van der Waals surface area contributed by atoms with Crippen LogP contribution < -0.4 is 0 Å². The van der Waals surface area contributed by atoms with E-state index in [0.29, 0.717) is 5.02 Å². The second kappa shape index (κ2) is 5.95. The van der Waals surface area contributed by atoms with Crippen LogP contribution in [0, 0.1) is 0 Å². The monoisotopic (exact) mass is 270 g/mol. The Kier molecular flexibility index (Phi) is 5.64. The normalized spacial score (nSPS) is 10.1. The van der Waals surface area contributed by atoms with Gasteiger partial charge >= 0.3 is 5.97 Å². The topological polar surface area (TPSA) is 71.4 Å². The van der Waals surface area contributed by atoms with E-state index in [4.69, 9.17) is 16.7 Å². The molecule has 0 fully saturated rings. The molecule has 0 atom stereocenters. The molecule has 0 heterocycles. The van der Waals surface area contributed by atoms with E-state index in [-0.39, 0.29) is 5.56 Å². The zero-order chi connectivity index (χ0) is 12.1. The van der Waals surface area contributed by atoms with Gasteiger partial charge in [0.1, 0.15) is 0 Å². The van der Waals surface area contributed by atoms with Gasteiger partial charge in [-0.25, -0.2) is 13.2 Å². The summed E-state index contributed by atoms with van der Waals surface area (Å²) in [6.45, 7) is 0. The number of carboxylic acids is 1. The van der Waals surface area contributed by atoms with Crippen molar-refractivity contribution < 1.29 is 18.3 Å². The Hall–Kier alpha value is -0.780. The largest absolute Gasteiger partial charge is 0.478 e. The number of halogens is 2. The van der Waals surface area contributed by atoms with Crippen molar-refractivity contribution in [2.75, 3.05) is 6.26 Å². The Bertz CT molecular complexity index is 434. The van der Waals surface area contributed by atoms with Crippen molar-refractivity contribution in [3.63, 3.8) is 0 Å². The highest BCUT2D eigenvalue weighted by atomic mass is 35.7. The lowest BCUT2D eigenvalue weighted by molar-refractivity contribution is 0.0697. The lowest BCUT2D eigenvalue weighted by Gasteiger charge is -1.92. The minimum atomic E-state index is -3.19.